The van der Waals surface area contributed by atoms with Gasteiger partial charge < -0.3 is 10.2 Å². The van der Waals surface area contributed by atoms with Crippen molar-refractivity contribution in [2.45, 2.75) is 13.0 Å². The summed E-state index contributed by atoms with van der Waals surface area (Å²) in [5, 5.41) is 3.34. The zero-order valence-electron chi connectivity index (χ0n) is 9.44. The molecule has 0 saturated carbocycles. The fourth-order valence-electron chi connectivity index (χ4n) is 1.98. The van der Waals surface area contributed by atoms with E-state index in [0.29, 0.717) is 23.7 Å². The lowest BCUT2D eigenvalue weighted by molar-refractivity contribution is -0.122. The van der Waals surface area contributed by atoms with E-state index in [1.165, 1.54) is 0 Å². The summed E-state index contributed by atoms with van der Waals surface area (Å²) in [6.07, 6.45) is 0.783. The van der Waals surface area contributed by atoms with Crippen LogP contribution < -0.4 is 10.2 Å². The Morgan fingerprint density at radius 2 is 2.29 bits per heavy atom. The molecule has 1 atom stereocenters. The standard InChI is InChI=1S/C12H13ClN2O2/c1-8-12(17)14-4-5-15(8)11-6-10(13)3-2-9(11)7-16/h2-3,6-8H,4-5H2,1H3,(H,14,17). The minimum absolute atomic E-state index is 0.0342. The van der Waals surface area contributed by atoms with Crippen LogP contribution in [0, 0.1) is 0 Å². The molecule has 0 aromatic heterocycles. The predicted molar refractivity (Wildman–Crippen MR) is 66.7 cm³/mol. The van der Waals surface area contributed by atoms with Crippen molar-refractivity contribution in [1.82, 2.24) is 5.32 Å². The van der Waals surface area contributed by atoms with Gasteiger partial charge in [0.05, 0.1) is 0 Å². The first-order valence-corrected chi connectivity index (χ1v) is 5.80. The van der Waals surface area contributed by atoms with Crippen molar-refractivity contribution < 1.29 is 9.59 Å². The minimum atomic E-state index is -0.291. The van der Waals surface area contributed by atoms with Gasteiger partial charge in [-0.25, -0.2) is 0 Å². The van der Waals surface area contributed by atoms with Crippen molar-refractivity contribution >= 4 is 29.5 Å². The van der Waals surface area contributed by atoms with Gasteiger partial charge in [0, 0.05) is 29.4 Å². The van der Waals surface area contributed by atoms with Gasteiger partial charge in [-0.05, 0) is 25.1 Å². The van der Waals surface area contributed by atoms with E-state index >= 15 is 0 Å². The fourth-order valence-corrected chi connectivity index (χ4v) is 2.14. The number of anilines is 1. The molecule has 4 nitrogen and oxygen atoms in total. The van der Waals surface area contributed by atoms with E-state index in [4.69, 9.17) is 11.6 Å². The van der Waals surface area contributed by atoms with Gasteiger partial charge in [-0.2, -0.15) is 0 Å². The van der Waals surface area contributed by atoms with E-state index in [0.717, 1.165) is 12.0 Å². The molecule has 0 radical (unpaired) electrons. The average Bonchev–Trinajstić information content (AvgIpc) is 2.33. The van der Waals surface area contributed by atoms with Crippen LogP contribution in [0.5, 0.6) is 0 Å². The highest BCUT2D eigenvalue weighted by molar-refractivity contribution is 6.31. The van der Waals surface area contributed by atoms with Crippen molar-refractivity contribution in [2.24, 2.45) is 0 Å². The van der Waals surface area contributed by atoms with Gasteiger partial charge in [0.1, 0.15) is 6.04 Å². The molecule has 1 aliphatic heterocycles. The first kappa shape index (κ1) is 11.9. The van der Waals surface area contributed by atoms with Gasteiger partial charge in [-0.1, -0.05) is 11.6 Å². The monoisotopic (exact) mass is 252 g/mol. The summed E-state index contributed by atoms with van der Waals surface area (Å²) in [7, 11) is 0. The normalized spacial score (nSPS) is 20.0. The van der Waals surface area contributed by atoms with Crippen molar-refractivity contribution in [3.05, 3.63) is 28.8 Å². The second-order valence-corrected chi connectivity index (χ2v) is 4.42. The lowest BCUT2D eigenvalue weighted by Gasteiger charge is -2.35. The summed E-state index contributed by atoms with van der Waals surface area (Å²) >= 11 is 5.93. The molecule has 0 aliphatic carbocycles. The number of benzene rings is 1. The average molecular weight is 253 g/mol. The van der Waals surface area contributed by atoms with Crippen LogP contribution >= 0.6 is 11.6 Å². The number of hydrogen-bond acceptors (Lipinski definition) is 3. The second kappa shape index (κ2) is 4.75. The summed E-state index contributed by atoms with van der Waals surface area (Å²) in [5.74, 6) is -0.0342. The molecular formula is C12H13ClN2O2. The van der Waals surface area contributed by atoms with Crippen LogP contribution in [0.4, 0.5) is 5.69 Å². The van der Waals surface area contributed by atoms with E-state index in [9.17, 15) is 9.59 Å². The lowest BCUT2D eigenvalue weighted by Crippen LogP contribution is -2.54. The Balaban J connectivity index is 2.41. The third-order valence-corrected chi connectivity index (χ3v) is 3.16. The first-order chi connectivity index (χ1) is 8.13. The maximum Gasteiger partial charge on any atom is 0.242 e. The van der Waals surface area contributed by atoms with Gasteiger partial charge in [-0.3, -0.25) is 9.59 Å². The molecule has 90 valence electrons. The largest absolute Gasteiger partial charge is 0.357 e. The number of carbonyl (C=O) groups is 2. The molecule has 1 unspecified atom stereocenters. The predicted octanol–water partition coefficient (Wildman–Crippen LogP) is 1.48. The van der Waals surface area contributed by atoms with Gasteiger partial charge in [0.15, 0.2) is 6.29 Å². The van der Waals surface area contributed by atoms with Gasteiger partial charge in [0.2, 0.25) is 5.91 Å². The molecule has 17 heavy (non-hydrogen) atoms. The first-order valence-electron chi connectivity index (χ1n) is 5.42. The number of carbonyl (C=O) groups excluding carboxylic acids is 2. The lowest BCUT2D eigenvalue weighted by atomic mass is 10.1. The molecule has 1 amide bonds. The van der Waals surface area contributed by atoms with Crippen LogP contribution in [0.3, 0.4) is 0 Å². The van der Waals surface area contributed by atoms with Crippen molar-refractivity contribution in [1.29, 1.82) is 0 Å². The number of rotatable bonds is 2. The van der Waals surface area contributed by atoms with E-state index in [-0.39, 0.29) is 11.9 Å². The molecule has 1 saturated heterocycles. The maximum atomic E-state index is 11.6. The minimum Gasteiger partial charge on any atom is -0.357 e. The molecule has 1 aliphatic rings. The fraction of sp³-hybridized carbons (Fsp3) is 0.333. The number of halogens is 1. The quantitative estimate of drug-likeness (QED) is 0.811. The topological polar surface area (TPSA) is 49.4 Å². The third-order valence-electron chi connectivity index (χ3n) is 2.93. The summed E-state index contributed by atoms with van der Waals surface area (Å²) in [6.45, 7) is 3.06. The van der Waals surface area contributed by atoms with Crippen LogP contribution in [0.25, 0.3) is 0 Å². The molecule has 2 rings (SSSR count). The molecule has 1 N–H and O–H groups in total. The van der Waals surface area contributed by atoms with E-state index in [2.05, 4.69) is 5.32 Å². The Bertz CT molecular complexity index is 462. The Kier molecular flexibility index (Phi) is 3.33. The number of hydrogen-bond donors (Lipinski definition) is 1. The second-order valence-electron chi connectivity index (χ2n) is 3.98. The Morgan fingerprint density at radius 1 is 1.53 bits per heavy atom. The SMILES string of the molecule is CC1C(=O)NCCN1c1cc(Cl)ccc1C=O. The van der Waals surface area contributed by atoms with Crippen molar-refractivity contribution in [3.8, 4) is 0 Å². The summed E-state index contributed by atoms with van der Waals surface area (Å²) in [4.78, 5) is 24.5. The number of nitrogens with zero attached hydrogens (tertiary/aromatic N) is 1. The highest BCUT2D eigenvalue weighted by atomic mass is 35.5. The Hall–Kier alpha value is -1.55. The molecule has 5 heteroatoms. The maximum absolute atomic E-state index is 11.6. The number of aldehydes is 1. The van der Waals surface area contributed by atoms with Gasteiger partial charge in [0.25, 0.3) is 0 Å². The molecular weight excluding hydrogens is 240 g/mol. The molecule has 1 aromatic rings. The van der Waals surface area contributed by atoms with Gasteiger partial charge in [-0.15, -0.1) is 0 Å². The highest BCUT2D eigenvalue weighted by Crippen LogP contribution is 2.26. The number of piperazine rings is 1. The molecule has 0 bridgehead atoms. The van der Waals surface area contributed by atoms with Crippen LogP contribution in [0.15, 0.2) is 18.2 Å². The van der Waals surface area contributed by atoms with Crippen LogP contribution in [0.2, 0.25) is 5.02 Å². The van der Waals surface area contributed by atoms with Crippen LogP contribution in [-0.4, -0.2) is 31.3 Å². The van der Waals surface area contributed by atoms with E-state index in [1.54, 1.807) is 18.2 Å². The smallest absolute Gasteiger partial charge is 0.242 e. The summed E-state index contributed by atoms with van der Waals surface area (Å²) in [6, 6.07) is 4.77. The molecule has 1 aromatic carbocycles. The van der Waals surface area contributed by atoms with Crippen molar-refractivity contribution in [3.63, 3.8) is 0 Å². The van der Waals surface area contributed by atoms with E-state index in [1.807, 2.05) is 11.8 Å². The Labute approximate surface area is 105 Å². The van der Waals surface area contributed by atoms with Crippen LogP contribution in [0.1, 0.15) is 17.3 Å². The highest BCUT2D eigenvalue weighted by Gasteiger charge is 2.27. The van der Waals surface area contributed by atoms with Crippen molar-refractivity contribution in [2.75, 3.05) is 18.0 Å². The third kappa shape index (κ3) is 2.26. The number of amides is 1. The summed E-state index contributed by atoms with van der Waals surface area (Å²) in [5.41, 5.74) is 1.27. The van der Waals surface area contributed by atoms with Gasteiger partial charge >= 0.3 is 0 Å². The zero-order valence-corrected chi connectivity index (χ0v) is 10.2. The van der Waals surface area contributed by atoms with E-state index < -0.39 is 0 Å². The zero-order chi connectivity index (χ0) is 12.4. The Morgan fingerprint density at radius 3 is 3.00 bits per heavy atom. The number of nitrogens with one attached hydrogen (secondary N) is 1. The summed E-state index contributed by atoms with van der Waals surface area (Å²) < 4.78 is 0. The molecule has 1 heterocycles. The van der Waals surface area contributed by atoms with Crippen LogP contribution in [-0.2, 0) is 4.79 Å². The molecule has 1 fully saturated rings. The molecule has 0 spiro atoms.